The monoisotopic (exact) mass is 374 g/mol. The number of halogens is 1. The van der Waals surface area contributed by atoms with Crippen LogP contribution in [0, 0.1) is 5.82 Å². The lowest BCUT2D eigenvalue weighted by Gasteiger charge is -2.38. The van der Waals surface area contributed by atoms with Crippen LogP contribution in [0.2, 0.25) is 0 Å². The normalized spacial score (nSPS) is 16.5. The van der Waals surface area contributed by atoms with Crippen molar-refractivity contribution in [3.05, 3.63) is 95.3 Å². The van der Waals surface area contributed by atoms with E-state index in [-0.39, 0.29) is 17.1 Å². The number of carbonyl (C=O) groups excluding carboxylic acids is 1. The molecular formula is C24H23FN2O. The van der Waals surface area contributed by atoms with Gasteiger partial charge in [0.1, 0.15) is 12.0 Å². The summed E-state index contributed by atoms with van der Waals surface area (Å²) in [4.78, 5) is 15.1. The highest BCUT2D eigenvalue weighted by Crippen LogP contribution is 2.37. The number of hydrogen-bond donors (Lipinski definition) is 1. The van der Waals surface area contributed by atoms with E-state index in [1.807, 2.05) is 36.4 Å². The molecule has 0 spiro atoms. The molecule has 4 heteroatoms. The van der Waals surface area contributed by atoms with Gasteiger partial charge in [0, 0.05) is 11.4 Å². The van der Waals surface area contributed by atoms with Crippen LogP contribution in [0.1, 0.15) is 48.4 Å². The topological polar surface area (TPSA) is 32.3 Å². The van der Waals surface area contributed by atoms with Crippen LogP contribution >= 0.6 is 0 Å². The van der Waals surface area contributed by atoms with Gasteiger partial charge in [-0.1, -0.05) is 57.2 Å². The summed E-state index contributed by atoms with van der Waals surface area (Å²) >= 11 is 0. The number of anilines is 2. The first kappa shape index (κ1) is 18.2. The average Bonchev–Trinajstić information content (AvgIpc) is 2.68. The predicted octanol–water partition coefficient (Wildman–Crippen LogP) is 5.89. The Morgan fingerprint density at radius 1 is 0.893 bits per heavy atom. The Balaban J connectivity index is 1.81. The summed E-state index contributed by atoms with van der Waals surface area (Å²) in [5, 5.41) is 3.44. The fraction of sp³-hybridized carbons (Fsp3) is 0.208. The number of nitrogens with zero attached hydrogens (tertiary/aromatic N) is 1. The Kier molecular flexibility index (Phi) is 4.42. The van der Waals surface area contributed by atoms with Crippen LogP contribution in [0.3, 0.4) is 0 Å². The Labute approximate surface area is 164 Å². The molecule has 0 saturated carbocycles. The third-order valence-electron chi connectivity index (χ3n) is 5.12. The molecule has 1 atom stereocenters. The zero-order valence-electron chi connectivity index (χ0n) is 16.2. The molecule has 4 rings (SSSR count). The zero-order valence-corrected chi connectivity index (χ0v) is 16.2. The average molecular weight is 374 g/mol. The minimum Gasteiger partial charge on any atom is -0.360 e. The summed E-state index contributed by atoms with van der Waals surface area (Å²) in [6.07, 6.45) is -0.413. The first-order valence-corrected chi connectivity index (χ1v) is 9.40. The van der Waals surface area contributed by atoms with E-state index in [0.717, 1.165) is 16.9 Å². The molecule has 0 fully saturated rings. The second-order valence-electron chi connectivity index (χ2n) is 8.12. The lowest BCUT2D eigenvalue weighted by Crippen LogP contribution is -2.43. The molecule has 1 heterocycles. The fourth-order valence-corrected chi connectivity index (χ4v) is 3.52. The Bertz CT molecular complexity index is 1000. The van der Waals surface area contributed by atoms with Gasteiger partial charge in [-0.2, -0.15) is 0 Å². The van der Waals surface area contributed by atoms with Crippen molar-refractivity contribution in [1.82, 2.24) is 0 Å². The first-order valence-electron chi connectivity index (χ1n) is 9.40. The maximum atomic E-state index is 13.4. The van der Waals surface area contributed by atoms with Crippen molar-refractivity contribution in [2.75, 3.05) is 10.2 Å². The van der Waals surface area contributed by atoms with E-state index in [1.165, 1.54) is 17.7 Å². The van der Waals surface area contributed by atoms with Gasteiger partial charge in [-0.15, -0.1) is 0 Å². The lowest BCUT2D eigenvalue weighted by molar-refractivity contribution is 0.0975. The molecule has 3 aromatic carbocycles. The number of rotatable bonds is 2. The molecule has 28 heavy (non-hydrogen) atoms. The highest BCUT2D eigenvalue weighted by Gasteiger charge is 2.34. The molecule has 1 aliphatic heterocycles. The van der Waals surface area contributed by atoms with Crippen LogP contribution in [-0.4, -0.2) is 5.91 Å². The van der Waals surface area contributed by atoms with E-state index < -0.39 is 6.17 Å². The van der Waals surface area contributed by atoms with Gasteiger partial charge >= 0.3 is 0 Å². The number of benzene rings is 3. The Hall–Kier alpha value is -3.14. The van der Waals surface area contributed by atoms with E-state index in [4.69, 9.17) is 0 Å². The van der Waals surface area contributed by atoms with Crippen LogP contribution in [-0.2, 0) is 5.41 Å². The minimum atomic E-state index is -0.413. The molecule has 1 amide bonds. The van der Waals surface area contributed by atoms with Gasteiger partial charge in [-0.25, -0.2) is 4.39 Å². The van der Waals surface area contributed by atoms with Crippen LogP contribution < -0.4 is 10.2 Å². The van der Waals surface area contributed by atoms with Crippen molar-refractivity contribution >= 4 is 17.3 Å². The molecule has 0 bridgehead atoms. The van der Waals surface area contributed by atoms with Crippen LogP contribution in [0.15, 0.2) is 72.8 Å². The molecule has 142 valence electrons. The summed E-state index contributed by atoms with van der Waals surface area (Å²) in [6.45, 7) is 6.48. The van der Waals surface area contributed by atoms with Gasteiger partial charge in [-0.05, 0) is 52.9 Å². The summed E-state index contributed by atoms with van der Waals surface area (Å²) in [5.41, 5.74) is 4.27. The van der Waals surface area contributed by atoms with Crippen molar-refractivity contribution in [2.24, 2.45) is 0 Å². The summed E-state index contributed by atoms with van der Waals surface area (Å²) in [7, 11) is 0. The van der Waals surface area contributed by atoms with Gasteiger partial charge in [0.05, 0.1) is 5.56 Å². The highest BCUT2D eigenvalue weighted by atomic mass is 19.1. The first-order chi connectivity index (χ1) is 13.3. The highest BCUT2D eigenvalue weighted by molar-refractivity contribution is 6.12. The van der Waals surface area contributed by atoms with Gasteiger partial charge in [-0.3, -0.25) is 9.69 Å². The van der Waals surface area contributed by atoms with Crippen molar-refractivity contribution in [2.45, 2.75) is 32.4 Å². The molecule has 3 aromatic rings. The Morgan fingerprint density at radius 3 is 2.18 bits per heavy atom. The molecule has 0 radical (unpaired) electrons. The number of nitrogens with one attached hydrogen (secondary N) is 1. The van der Waals surface area contributed by atoms with Crippen molar-refractivity contribution in [1.29, 1.82) is 0 Å². The lowest BCUT2D eigenvalue weighted by atomic mass is 9.87. The van der Waals surface area contributed by atoms with E-state index in [2.05, 4.69) is 38.2 Å². The zero-order chi connectivity index (χ0) is 19.9. The summed E-state index contributed by atoms with van der Waals surface area (Å²) in [5.74, 6) is -0.375. The molecule has 1 unspecified atom stereocenters. The summed E-state index contributed by atoms with van der Waals surface area (Å²) in [6, 6.07) is 21.8. The fourth-order valence-electron chi connectivity index (χ4n) is 3.52. The quantitative estimate of drug-likeness (QED) is 0.606. The maximum absolute atomic E-state index is 13.4. The number of para-hydroxylation sites is 1. The number of hydrogen-bond acceptors (Lipinski definition) is 2. The molecule has 0 aromatic heterocycles. The van der Waals surface area contributed by atoms with E-state index >= 15 is 0 Å². The minimum absolute atomic E-state index is 0.0334. The summed E-state index contributed by atoms with van der Waals surface area (Å²) < 4.78 is 13.4. The third-order valence-corrected chi connectivity index (χ3v) is 5.12. The van der Waals surface area contributed by atoms with Gasteiger partial charge in [0.2, 0.25) is 0 Å². The predicted molar refractivity (Wildman–Crippen MR) is 111 cm³/mol. The Morgan fingerprint density at radius 2 is 1.54 bits per heavy atom. The van der Waals surface area contributed by atoms with E-state index in [1.54, 1.807) is 17.0 Å². The number of fused-ring (bicyclic) bond motifs is 1. The van der Waals surface area contributed by atoms with Crippen LogP contribution in [0.25, 0.3) is 0 Å². The number of amides is 1. The van der Waals surface area contributed by atoms with Gasteiger partial charge in [0.25, 0.3) is 5.91 Å². The van der Waals surface area contributed by atoms with Crippen LogP contribution in [0.4, 0.5) is 15.8 Å². The molecule has 3 nitrogen and oxygen atoms in total. The number of carbonyl (C=O) groups is 1. The third kappa shape index (κ3) is 3.26. The van der Waals surface area contributed by atoms with Crippen molar-refractivity contribution in [3.8, 4) is 0 Å². The molecular weight excluding hydrogens is 351 g/mol. The van der Waals surface area contributed by atoms with Crippen LogP contribution in [0.5, 0.6) is 0 Å². The molecule has 1 N–H and O–H groups in total. The SMILES string of the molecule is CC(C)(C)c1ccc(N2C(=O)c3ccccc3NC2c2ccc(F)cc2)cc1. The van der Waals surface area contributed by atoms with Gasteiger partial charge in [0.15, 0.2) is 0 Å². The molecule has 1 aliphatic rings. The maximum Gasteiger partial charge on any atom is 0.262 e. The largest absolute Gasteiger partial charge is 0.360 e. The molecule has 0 saturated heterocycles. The standard InChI is InChI=1S/C24H23FN2O/c1-24(2,3)17-10-14-19(15-11-17)27-22(16-8-12-18(25)13-9-16)26-21-7-5-4-6-20(21)23(27)28/h4-15,22,26H,1-3H3. The van der Waals surface area contributed by atoms with Crippen molar-refractivity contribution in [3.63, 3.8) is 0 Å². The molecule has 0 aliphatic carbocycles. The van der Waals surface area contributed by atoms with Gasteiger partial charge < -0.3 is 5.32 Å². The smallest absolute Gasteiger partial charge is 0.262 e. The van der Waals surface area contributed by atoms with Crippen molar-refractivity contribution < 1.29 is 9.18 Å². The van der Waals surface area contributed by atoms with E-state index in [9.17, 15) is 9.18 Å². The second kappa shape index (κ2) is 6.79. The van der Waals surface area contributed by atoms with E-state index in [0.29, 0.717) is 5.56 Å². The second-order valence-corrected chi connectivity index (χ2v) is 8.12.